The normalized spacial score (nSPS) is 10.4. The minimum Gasteiger partial charge on any atom is -0.398 e. The van der Waals surface area contributed by atoms with E-state index in [0.29, 0.717) is 15.7 Å². The van der Waals surface area contributed by atoms with Gasteiger partial charge in [-0.25, -0.2) is 4.39 Å². The van der Waals surface area contributed by atoms with Crippen molar-refractivity contribution in [3.8, 4) is 0 Å². The fourth-order valence-corrected chi connectivity index (χ4v) is 2.02. The van der Waals surface area contributed by atoms with Crippen LogP contribution in [0.5, 0.6) is 0 Å². The number of hydrogen-bond acceptors (Lipinski definition) is 2. The monoisotopic (exact) mass is 307 g/mol. The maximum absolute atomic E-state index is 13.6. The van der Waals surface area contributed by atoms with E-state index in [4.69, 9.17) is 5.73 Å². The second-order valence-corrected chi connectivity index (χ2v) is 4.90. The van der Waals surface area contributed by atoms with Gasteiger partial charge in [0, 0.05) is 15.7 Å². The number of nitrogen functional groups attached to an aromatic ring is 1. The minimum absolute atomic E-state index is 0.0756. The van der Waals surface area contributed by atoms with Gasteiger partial charge < -0.3 is 5.73 Å². The maximum Gasteiger partial charge on any atom is 0.196 e. The predicted molar refractivity (Wildman–Crippen MR) is 73.1 cm³/mol. The molecule has 0 aromatic heterocycles. The SMILES string of the molecule is Cc1ccc(F)c(C(=O)c2ccc(N)c(Br)c2)c1. The number of carbonyl (C=O) groups is 1. The lowest BCUT2D eigenvalue weighted by atomic mass is 10.0. The quantitative estimate of drug-likeness (QED) is 0.679. The maximum atomic E-state index is 13.6. The number of benzene rings is 2. The van der Waals surface area contributed by atoms with Crippen LogP contribution in [0, 0.1) is 12.7 Å². The molecule has 92 valence electrons. The zero-order chi connectivity index (χ0) is 13.3. The van der Waals surface area contributed by atoms with E-state index < -0.39 is 5.82 Å². The highest BCUT2D eigenvalue weighted by Gasteiger charge is 2.14. The Morgan fingerprint density at radius 2 is 1.94 bits per heavy atom. The van der Waals surface area contributed by atoms with Gasteiger partial charge in [0.2, 0.25) is 0 Å². The molecule has 0 radical (unpaired) electrons. The van der Waals surface area contributed by atoms with Gasteiger partial charge in [0.15, 0.2) is 5.78 Å². The summed E-state index contributed by atoms with van der Waals surface area (Å²) in [7, 11) is 0. The summed E-state index contributed by atoms with van der Waals surface area (Å²) < 4.78 is 14.3. The van der Waals surface area contributed by atoms with Crippen LogP contribution >= 0.6 is 15.9 Å². The molecule has 0 heterocycles. The summed E-state index contributed by atoms with van der Waals surface area (Å²) in [5.74, 6) is -0.865. The van der Waals surface area contributed by atoms with Gasteiger partial charge in [-0.15, -0.1) is 0 Å². The Labute approximate surface area is 113 Å². The minimum atomic E-state index is -0.515. The largest absolute Gasteiger partial charge is 0.398 e. The van der Waals surface area contributed by atoms with Crippen molar-refractivity contribution < 1.29 is 9.18 Å². The number of carbonyl (C=O) groups excluding carboxylic acids is 1. The Hall–Kier alpha value is -1.68. The molecule has 0 amide bonds. The van der Waals surface area contributed by atoms with Crippen molar-refractivity contribution in [1.82, 2.24) is 0 Å². The van der Waals surface area contributed by atoms with Crippen molar-refractivity contribution in [3.05, 3.63) is 63.4 Å². The number of rotatable bonds is 2. The zero-order valence-corrected chi connectivity index (χ0v) is 11.3. The Morgan fingerprint density at radius 3 is 2.61 bits per heavy atom. The first-order chi connectivity index (χ1) is 8.49. The summed E-state index contributed by atoms with van der Waals surface area (Å²) in [5.41, 5.74) is 7.51. The zero-order valence-electron chi connectivity index (χ0n) is 9.71. The molecule has 0 aliphatic carbocycles. The Morgan fingerprint density at radius 1 is 1.22 bits per heavy atom. The molecule has 2 rings (SSSR count). The molecule has 0 atom stereocenters. The lowest BCUT2D eigenvalue weighted by Crippen LogP contribution is -2.05. The Kier molecular flexibility index (Phi) is 3.48. The van der Waals surface area contributed by atoms with Crippen molar-refractivity contribution in [3.63, 3.8) is 0 Å². The van der Waals surface area contributed by atoms with Crippen LogP contribution in [0.2, 0.25) is 0 Å². The third-order valence-corrected chi connectivity index (χ3v) is 3.32. The van der Waals surface area contributed by atoms with E-state index in [0.717, 1.165) is 5.56 Å². The van der Waals surface area contributed by atoms with Gasteiger partial charge in [0.05, 0.1) is 5.56 Å². The van der Waals surface area contributed by atoms with E-state index in [1.54, 1.807) is 30.3 Å². The molecule has 0 aliphatic heterocycles. The molecule has 0 bridgehead atoms. The van der Waals surface area contributed by atoms with Gasteiger partial charge in [-0.05, 0) is 53.2 Å². The van der Waals surface area contributed by atoms with Crippen LogP contribution in [-0.2, 0) is 0 Å². The second kappa shape index (κ2) is 4.90. The van der Waals surface area contributed by atoms with Crippen LogP contribution < -0.4 is 5.73 Å². The van der Waals surface area contributed by atoms with Gasteiger partial charge in [-0.3, -0.25) is 4.79 Å². The van der Waals surface area contributed by atoms with Crippen molar-refractivity contribution in [2.45, 2.75) is 6.92 Å². The summed E-state index contributed by atoms with van der Waals surface area (Å²) in [6, 6.07) is 9.27. The average Bonchev–Trinajstić information content (AvgIpc) is 2.35. The molecule has 0 aliphatic rings. The molecule has 0 fully saturated rings. The van der Waals surface area contributed by atoms with Crippen molar-refractivity contribution in [1.29, 1.82) is 0 Å². The number of anilines is 1. The first kappa shape index (κ1) is 12.8. The van der Waals surface area contributed by atoms with Crippen LogP contribution in [0.1, 0.15) is 21.5 Å². The van der Waals surface area contributed by atoms with E-state index in [2.05, 4.69) is 15.9 Å². The van der Waals surface area contributed by atoms with Crippen LogP contribution in [0.15, 0.2) is 40.9 Å². The van der Waals surface area contributed by atoms with E-state index >= 15 is 0 Å². The van der Waals surface area contributed by atoms with Gasteiger partial charge in [0.25, 0.3) is 0 Å². The van der Waals surface area contributed by atoms with Crippen molar-refractivity contribution in [2.75, 3.05) is 5.73 Å². The molecule has 2 N–H and O–H groups in total. The second-order valence-electron chi connectivity index (χ2n) is 4.05. The van der Waals surface area contributed by atoms with E-state index in [-0.39, 0.29) is 11.3 Å². The molecular formula is C14H11BrFNO. The first-order valence-electron chi connectivity index (χ1n) is 5.35. The summed E-state index contributed by atoms with van der Waals surface area (Å²) in [6.45, 7) is 1.81. The molecule has 2 nitrogen and oxygen atoms in total. The average molecular weight is 308 g/mol. The third kappa shape index (κ3) is 2.43. The topological polar surface area (TPSA) is 43.1 Å². The fraction of sp³-hybridized carbons (Fsp3) is 0.0714. The summed E-state index contributed by atoms with van der Waals surface area (Å²) in [5, 5.41) is 0. The highest BCUT2D eigenvalue weighted by molar-refractivity contribution is 9.10. The number of nitrogens with two attached hydrogens (primary N) is 1. The molecule has 0 saturated heterocycles. The Balaban J connectivity index is 2.47. The molecule has 18 heavy (non-hydrogen) atoms. The molecule has 0 saturated carbocycles. The van der Waals surface area contributed by atoms with E-state index in [1.807, 2.05) is 6.92 Å². The highest BCUT2D eigenvalue weighted by Crippen LogP contribution is 2.23. The van der Waals surface area contributed by atoms with Crippen LogP contribution in [0.4, 0.5) is 10.1 Å². The number of halogens is 2. The molecule has 2 aromatic rings. The lowest BCUT2D eigenvalue weighted by Gasteiger charge is -2.06. The first-order valence-corrected chi connectivity index (χ1v) is 6.14. The lowest BCUT2D eigenvalue weighted by molar-refractivity contribution is 0.103. The Bertz CT molecular complexity index is 625. The van der Waals surface area contributed by atoms with Crippen LogP contribution in [-0.4, -0.2) is 5.78 Å². The van der Waals surface area contributed by atoms with Crippen molar-refractivity contribution in [2.24, 2.45) is 0 Å². The highest BCUT2D eigenvalue weighted by atomic mass is 79.9. The number of aryl methyl sites for hydroxylation is 1. The van der Waals surface area contributed by atoms with E-state index in [9.17, 15) is 9.18 Å². The summed E-state index contributed by atoms with van der Waals surface area (Å²) in [4.78, 5) is 12.2. The van der Waals surface area contributed by atoms with Gasteiger partial charge in [-0.1, -0.05) is 11.6 Å². The molecule has 0 spiro atoms. The van der Waals surface area contributed by atoms with E-state index in [1.165, 1.54) is 6.07 Å². The smallest absolute Gasteiger partial charge is 0.196 e. The molecular weight excluding hydrogens is 297 g/mol. The third-order valence-electron chi connectivity index (χ3n) is 2.63. The van der Waals surface area contributed by atoms with Crippen LogP contribution in [0.25, 0.3) is 0 Å². The summed E-state index contributed by atoms with van der Waals surface area (Å²) in [6.07, 6.45) is 0. The summed E-state index contributed by atoms with van der Waals surface area (Å²) >= 11 is 3.25. The molecule has 2 aromatic carbocycles. The molecule has 0 unspecified atom stereocenters. The number of hydrogen-bond donors (Lipinski definition) is 1. The fourth-order valence-electron chi connectivity index (χ4n) is 1.64. The standard InChI is InChI=1S/C14H11BrFNO/c1-8-2-4-12(16)10(6-8)14(18)9-3-5-13(17)11(15)7-9/h2-7H,17H2,1H3. The van der Waals surface area contributed by atoms with Gasteiger partial charge in [-0.2, -0.15) is 0 Å². The van der Waals surface area contributed by atoms with Crippen molar-refractivity contribution >= 4 is 27.4 Å². The van der Waals surface area contributed by atoms with Gasteiger partial charge >= 0.3 is 0 Å². The number of ketones is 1. The van der Waals surface area contributed by atoms with Gasteiger partial charge in [0.1, 0.15) is 5.82 Å². The molecule has 4 heteroatoms. The predicted octanol–water partition coefficient (Wildman–Crippen LogP) is 3.71. The van der Waals surface area contributed by atoms with Crippen LogP contribution in [0.3, 0.4) is 0 Å².